The number of rotatable bonds is 1. The second-order valence-corrected chi connectivity index (χ2v) is 4.84. The molecule has 0 N–H and O–H groups in total. The van der Waals surface area contributed by atoms with Crippen molar-refractivity contribution in [3.63, 3.8) is 0 Å². The lowest BCUT2D eigenvalue weighted by Gasteiger charge is -2.04. The summed E-state index contributed by atoms with van der Waals surface area (Å²) in [5, 5.41) is 2.00. The summed E-state index contributed by atoms with van der Waals surface area (Å²) in [7, 11) is 0. The molecule has 0 amide bonds. The maximum Gasteiger partial charge on any atom is 0.167 e. The first-order chi connectivity index (χ1) is 8.66. The summed E-state index contributed by atoms with van der Waals surface area (Å²) in [5.74, 6) is -1.46. The molecule has 0 spiro atoms. The minimum atomic E-state index is -0.708. The van der Waals surface area contributed by atoms with Crippen LogP contribution in [-0.4, -0.2) is 9.97 Å². The van der Waals surface area contributed by atoms with Crippen molar-refractivity contribution in [2.24, 2.45) is 0 Å². The predicted octanol–water partition coefficient (Wildman–Crippen LogP) is 4.29. The maximum atomic E-state index is 13.6. The van der Waals surface area contributed by atoms with Gasteiger partial charge in [0.25, 0.3) is 0 Å². The molecular weight excluding hydrogens is 278 g/mol. The zero-order chi connectivity index (χ0) is 12.7. The summed E-state index contributed by atoms with van der Waals surface area (Å²) in [6.07, 6.45) is 0. The average Bonchev–Trinajstić information content (AvgIpc) is 2.77. The fourth-order valence-corrected chi connectivity index (χ4v) is 2.67. The van der Waals surface area contributed by atoms with Crippen molar-refractivity contribution in [3.8, 4) is 11.4 Å². The molecular formula is C12H5ClF2N2S. The highest BCUT2D eigenvalue weighted by molar-refractivity contribution is 7.17. The van der Waals surface area contributed by atoms with Crippen LogP contribution in [0.1, 0.15) is 0 Å². The number of halogens is 3. The van der Waals surface area contributed by atoms with Crippen molar-refractivity contribution in [2.75, 3.05) is 0 Å². The second kappa shape index (κ2) is 4.26. The molecule has 0 saturated heterocycles. The zero-order valence-corrected chi connectivity index (χ0v) is 10.4. The zero-order valence-electron chi connectivity index (χ0n) is 8.82. The van der Waals surface area contributed by atoms with E-state index in [9.17, 15) is 8.78 Å². The van der Waals surface area contributed by atoms with E-state index in [0.717, 1.165) is 12.1 Å². The molecule has 18 heavy (non-hydrogen) atoms. The number of nitrogens with zero attached hydrogens (tertiary/aromatic N) is 2. The van der Waals surface area contributed by atoms with Crippen molar-refractivity contribution >= 4 is 33.2 Å². The largest absolute Gasteiger partial charge is 0.227 e. The van der Waals surface area contributed by atoms with Crippen LogP contribution in [0.5, 0.6) is 0 Å². The summed E-state index contributed by atoms with van der Waals surface area (Å²) in [4.78, 5) is 8.07. The van der Waals surface area contributed by atoms with Gasteiger partial charge in [0.15, 0.2) is 11.0 Å². The minimum absolute atomic E-state index is 0.0403. The predicted molar refractivity (Wildman–Crippen MR) is 67.8 cm³/mol. The minimum Gasteiger partial charge on any atom is -0.227 e. The van der Waals surface area contributed by atoms with Crippen LogP contribution in [-0.2, 0) is 0 Å². The van der Waals surface area contributed by atoms with Crippen molar-refractivity contribution in [1.82, 2.24) is 9.97 Å². The molecule has 0 saturated carbocycles. The Morgan fingerprint density at radius 2 is 1.78 bits per heavy atom. The van der Waals surface area contributed by atoms with Crippen LogP contribution in [0.2, 0.25) is 5.15 Å². The van der Waals surface area contributed by atoms with Gasteiger partial charge in [-0.05, 0) is 23.6 Å². The van der Waals surface area contributed by atoms with E-state index in [1.807, 2.05) is 0 Å². The Morgan fingerprint density at radius 3 is 2.50 bits per heavy atom. The van der Waals surface area contributed by atoms with Gasteiger partial charge >= 0.3 is 0 Å². The third kappa shape index (κ3) is 1.76. The molecule has 2 heterocycles. The third-order valence-electron chi connectivity index (χ3n) is 2.45. The molecule has 90 valence electrons. The van der Waals surface area contributed by atoms with Crippen LogP contribution in [0.3, 0.4) is 0 Å². The van der Waals surface area contributed by atoms with E-state index in [1.165, 1.54) is 17.4 Å². The van der Waals surface area contributed by atoms with Gasteiger partial charge < -0.3 is 0 Å². The molecule has 3 rings (SSSR count). The number of thiophene rings is 1. The molecule has 1 aromatic carbocycles. The number of fused-ring (bicyclic) bond motifs is 1. The van der Waals surface area contributed by atoms with E-state index in [0.29, 0.717) is 10.2 Å². The lowest BCUT2D eigenvalue weighted by molar-refractivity contribution is 0.587. The number of hydrogen-bond acceptors (Lipinski definition) is 3. The lowest BCUT2D eigenvalue weighted by Crippen LogP contribution is -1.96. The Bertz CT molecular complexity index is 722. The normalized spacial score (nSPS) is 11.1. The van der Waals surface area contributed by atoms with Crippen LogP contribution < -0.4 is 0 Å². The molecule has 0 radical (unpaired) electrons. The van der Waals surface area contributed by atoms with Crippen molar-refractivity contribution in [3.05, 3.63) is 46.4 Å². The van der Waals surface area contributed by atoms with Crippen molar-refractivity contribution in [2.45, 2.75) is 0 Å². The van der Waals surface area contributed by atoms with Crippen LogP contribution in [0.4, 0.5) is 8.78 Å². The highest BCUT2D eigenvalue weighted by Crippen LogP contribution is 2.30. The second-order valence-electron chi connectivity index (χ2n) is 3.57. The van der Waals surface area contributed by atoms with E-state index in [1.54, 1.807) is 11.4 Å². The van der Waals surface area contributed by atoms with Crippen LogP contribution in [0.15, 0.2) is 29.6 Å². The highest BCUT2D eigenvalue weighted by Gasteiger charge is 2.16. The first kappa shape index (κ1) is 11.5. The quantitative estimate of drug-likeness (QED) is 0.622. The van der Waals surface area contributed by atoms with Gasteiger partial charge in [0.05, 0.1) is 15.8 Å². The fraction of sp³-hybridized carbons (Fsp3) is 0. The molecule has 6 heteroatoms. The molecule has 0 aliphatic heterocycles. The molecule has 0 bridgehead atoms. The SMILES string of the molecule is Fc1cccc(F)c1-c1nc(Cl)c2sccc2n1. The van der Waals surface area contributed by atoms with Gasteiger partial charge in [-0.1, -0.05) is 17.7 Å². The van der Waals surface area contributed by atoms with E-state index < -0.39 is 11.6 Å². The summed E-state index contributed by atoms with van der Waals surface area (Å²) in [6, 6.07) is 5.34. The van der Waals surface area contributed by atoms with Gasteiger partial charge in [-0.15, -0.1) is 11.3 Å². The molecule has 2 nitrogen and oxygen atoms in total. The summed E-state index contributed by atoms with van der Waals surface area (Å²) in [6.45, 7) is 0. The number of benzene rings is 1. The first-order valence-corrected chi connectivity index (χ1v) is 6.27. The van der Waals surface area contributed by atoms with E-state index in [4.69, 9.17) is 11.6 Å². The van der Waals surface area contributed by atoms with Gasteiger partial charge in [-0.2, -0.15) is 0 Å². The number of hydrogen-bond donors (Lipinski definition) is 0. The average molecular weight is 283 g/mol. The van der Waals surface area contributed by atoms with Gasteiger partial charge in [-0.25, -0.2) is 18.7 Å². The molecule has 0 aliphatic rings. The standard InChI is InChI=1S/C12H5ClF2N2S/c13-11-10-8(4-5-18-10)16-12(17-11)9-6(14)2-1-3-7(9)15/h1-5H. The highest BCUT2D eigenvalue weighted by atomic mass is 35.5. The number of aromatic nitrogens is 2. The van der Waals surface area contributed by atoms with Crippen molar-refractivity contribution in [1.29, 1.82) is 0 Å². The monoisotopic (exact) mass is 282 g/mol. The maximum absolute atomic E-state index is 13.6. The Kier molecular flexibility index (Phi) is 2.72. The third-order valence-corrected chi connectivity index (χ3v) is 3.74. The molecule has 0 aliphatic carbocycles. The molecule has 0 fully saturated rings. The first-order valence-electron chi connectivity index (χ1n) is 5.02. The Labute approximate surface area is 110 Å². The topological polar surface area (TPSA) is 25.8 Å². The van der Waals surface area contributed by atoms with Crippen LogP contribution in [0.25, 0.3) is 21.6 Å². The Morgan fingerprint density at radius 1 is 1.06 bits per heavy atom. The van der Waals surface area contributed by atoms with Gasteiger partial charge in [0.1, 0.15) is 11.6 Å². The van der Waals surface area contributed by atoms with Gasteiger partial charge in [-0.3, -0.25) is 0 Å². The smallest absolute Gasteiger partial charge is 0.167 e. The van der Waals surface area contributed by atoms with Gasteiger partial charge in [0.2, 0.25) is 0 Å². The Hall–Kier alpha value is -1.59. The molecule has 3 aromatic rings. The molecule has 0 unspecified atom stereocenters. The summed E-state index contributed by atoms with van der Waals surface area (Å²) in [5.41, 5.74) is 0.324. The van der Waals surface area contributed by atoms with E-state index >= 15 is 0 Å². The van der Waals surface area contributed by atoms with E-state index in [2.05, 4.69) is 9.97 Å². The van der Waals surface area contributed by atoms with Crippen LogP contribution >= 0.6 is 22.9 Å². The molecule has 0 atom stereocenters. The molecule has 2 aromatic heterocycles. The summed E-state index contributed by atoms with van der Waals surface area (Å²) < 4.78 is 28.0. The van der Waals surface area contributed by atoms with Gasteiger partial charge in [0, 0.05) is 0 Å². The van der Waals surface area contributed by atoms with Crippen LogP contribution in [0, 0.1) is 11.6 Å². The summed E-state index contributed by atoms with van der Waals surface area (Å²) >= 11 is 7.35. The van der Waals surface area contributed by atoms with E-state index in [-0.39, 0.29) is 16.5 Å². The lowest BCUT2D eigenvalue weighted by atomic mass is 10.2. The fourth-order valence-electron chi connectivity index (χ4n) is 1.65. The van der Waals surface area contributed by atoms with Crippen molar-refractivity contribution < 1.29 is 8.78 Å². The Balaban J connectivity index is 2.31.